The van der Waals surface area contributed by atoms with Crippen molar-refractivity contribution in [1.82, 2.24) is 24.7 Å². The van der Waals surface area contributed by atoms with Crippen LogP contribution in [0.2, 0.25) is 0 Å². The van der Waals surface area contributed by atoms with E-state index in [0.29, 0.717) is 22.6 Å². The van der Waals surface area contributed by atoms with Crippen LogP contribution < -0.4 is 10.5 Å². The van der Waals surface area contributed by atoms with Gasteiger partial charge in [0.2, 0.25) is 5.82 Å². The SMILES string of the molecule is COc1ccc(-c2cc(C(F)(F)F)n3ncc(-c4nc(-c5cccc(N)c5C)no4)c3n2)cc1. The van der Waals surface area contributed by atoms with Crippen LogP contribution >= 0.6 is 0 Å². The molecular formula is C23H17F3N6O2. The minimum Gasteiger partial charge on any atom is -0.497 e. The van der Waals surface area contributed by atoms with Gasteiger partial charge in [0, 0.05) is 16.8 Å². The lowest BCUT2D eigenvalue weighted by molar-refractivity contribution is -0.142. The summed E-state index contributed by atoms with van der Waals surface area (Å²) in [6.45, 7) is 1.81. The average Bonchev–Trinajstić information content (AvgIpc) is 3.46. The molecule has 0 unspecified atom stereocenters. The van der Waals surface area contributed by atoms with Crippen LogP contribution in [0.5, 0.6) is 5.75 Å². The van der Waals surface area contributed by atoms with Gasteiger partial charge in [-0.2, -0.15) is 23.3 Å². The van der Waals surface area contributed by atoms with E-state index < -0.39 is 11.9 Å². The number of hydrogen-bond donors (Lipinski definition) is 1. The van der Waals surface area contributed by atoms with E-state index >= 15 is 0 Å². The predicted molar refractivity (Wildman–Crippen MR) is 118 cm³/mol. The molecule has 0 saturated carbocycles. The second kappa shape index (κ2) is 7.87. The number of benzene rings is 2. The van der Waals surface area contributed by atoms with Gasteiger partial charge in [-0.25, -0.2) is 9.50 Å². The van der Waals surface area contributed by atoms with Crippen LogP contribution in [-0.2, 0) is 6.18 Å². The van der Waals surface area contributed by atoms with Gasteiger partial charge in [0.1, 0.15) is 11.3 Å². The van der Waals surface area contributed by atoms with Gasteiger partial charge in [-0.3, -0.25) is 0 Å². The van der Waals surface area contributed by atoms with E-state index in [2.05, 4.69) is 20.2 Å². The zero-order valence-electron chi connectivity index (χ0n) is 18.0. The van der Waals surface area contributed by atoms with Crippen LogP contribution in [0.25, 0.3) is 39.7 Å². The molecule has 0 bridgehead atoms. The largest absolute Gasteiger partial charge is 0.497 e. The van der Waals surface area contributed by atoms with Crippen molar-refractivity contribution >= 4 is 11.3 Å². The molecule has 5 rings (SSSR count). The molecule has 0 aliphatic carbocycles. The Hall–Kier alpha value is -4.41. The zero-order valence-corrected chi connectivity index (χ0v) is 18.0. The third-order valence-electron chi connectivity index (χ3n) is 5.42. The second-order valence-corrected chi connectivity index (χ2v) is 7.49. The molecule has 0 amide bonds. The molecule has 11 heteroatoms. The Morgan fingerprint density at radius 3 is 2.50 bits per heavy atom. The number of aromatic nitrogens is 5. The molecule has 172 valence electrons. The standard InChI is InChI=1S/C23H17F3N6O2/c1-12-15(4-3-5-17(12)27)20-30-22(34-31-20)16-11-28-32-19(23(24,25)26)10-18(29-21(16)32)13-6-8-14(33-2)9-7-13/h3-11H,27H2,1-2H3. The summed E-state index contributed by atoms with van der Waals surface area (Å²) in [4.78, 5) is 8.80. The number of nitrogen functional groups attached to an aromatic ring is 1. The summed E-state index contributed by atoms with van der Waals surface area (Å²) >= 11 is 0. The van der Waals surface area contributed by atoms with Crippen LogP contribution in [0.1, 0.15) is 11.3 Å². The summed E-state index contributed by atoms with van der Waals surface area (Å²) in [5, 5.41) is 7.88. The molecule has 8 nitrogen and oxygen atoms in total. The molecule has 0 aliphatic rings. The maximum Gasteiger partial charge on any atom is 0.433 e. The summed E-state index contributed by atoms with van der Waals surface area (Å²) in [5.74, 6) is 0.807. The van der Waals surface area contributed by atoms with Gasteiger partial charge >= 0.3 is 6.18 Å². The number of methoxy groups -OCH3 is 1. The highest BCUT2D eigenvalue weighted by Crippen LogP contribution is 2.35. The van der Waals surface area contributed by atoms with E-state index in [9.17, 15) is 13.2 Å². The van der Waals surface area contributed by atoms with Crippen molar-refractivity contribution in [2.24, 2.45) is 0 Å². The molecule has 0 radical (unpaired) electrons. The van der Waals surface area contributed by atoms with Crippen LogP contribution in [0, 0.1) is 6.92 Å². The highest BCUT2D eigenvalue weighted by Gasteiger charge is 2.36. The molecule has 3 aromatic heterocycles. The van der Waals surface area contributed by atoms with E-state index in [-0.39, 0.29) is 28.6 Å². The Morgan fingerprint density at radius 2 is 1.79 bits per heavy atom. The number of hydrogen-bond acceptors (Lipinski definition) is 7. The Balaban J connectivity index is 1.67. The summed E-state index contributed by atoms with van der Waals surface area (Å²) in [6.07, 6.45) is -3.46. The Morgan fingerprint density at radius 1 is 1.03 bits per heavy atom. The van der Waals surface area contributed by atoms with Crippen LogP contribution in [0.4, 0.5) is 18.9 Å². The molecule has 3 heterocycles. The predicted octanol–water partition coefficient (Wildman–Crippen LogP) is 5.03. The summed E-state index contributed by atoms with van der Waals surface area (Å²) < 4.78 is 52.9. The molecule has 0 aliphatic heterocycles. The van der Waals surface area contributed by atoms with Crippen molar-refractivity contribution in [3.05, 3.63) is 66.0 Å². The molecule has 0 fully saturated rings. The molecule has 34 heavy (non-hydrogen) atoms. The van der Waals surface area contributed by atoms with Gasteiger partial charge in [0.25, 0.3) is 5.89 Å². The average molecular weight is 466 g/mol. The topological polar surface area (TPSA) is 104 Å². The summed E-state index contributed by atoms with van der Waals surface area (Å²) in [5.41, 5.74) is 7.61. The van der Waals surface area contributed by atoms with Crippen molar-refractivity contribution in [3.8, 4) is 39.8 Å². The number of anilines is 1. The number of halogens is 3. The summed E-state index contributed by atoms with van der Waals surface area (Å²) in [6, 6.07) is 12.8. The van der Waals surface area contributed by atoms with E-state index in [1.54, 1.807) is 42.5 Å². The minimum absolute atomic E-state index is 0.0145. The van der Waals surface area contributed by atoms with Gasteiger partial charge in [0.15, 0.2) is 11.3 Å². The molecule has 0 spiro atoms. The monoisotopic (exact) mass is 466 g/mol. The molecule has 2 N–H and O–H groups in total. The van der Waals surface area contributed by atoms with E-state index in [1.165, 1.54) is 13.3 Å². The number of rotatable bonds is 4. The highest BCUT2D eigenvalue weighted by atomic mass is 19.4. The van der Waals surface area contributed by atoms with Crippen molar-refractivity contribution in [1.29, 1.82) is 0 Å². The third-order valence-corrected chi connectivity index (χ3v) is 5.42. The number of fused-ring (bicyclic) bond motifs is 1. The second-order valence-electron chi connectivity index (χ2n) is 7.49. The third kappa shape index (κ3) is 3.60. The Kier molecular flexibility index (Phi) is 4.96. The molecular weight excluding hydrogens is 449 g/mol. The fourth-order valence-electron chi connectivity index (χ4n) is 3.56. The molecule has 2 aromatic carbocycles. The van der Waals surface area contributed by atoms with Crippen LogP contribution in [0.3, 0.4) is 0 Å². The number of nitrogens with two attached hydrogens (primary N) is 1. The van der Waals surface area contributed by atoms with Gasteiger partial charge in [0.05, 0.1) is 19.0 Å². The fourth-order valence-corrected chi connectivity index (χ4v) is 3.56. The van der Waals surface area contributed by atoms with Crippen LogP contribution in [-0.4, -0.2) is 31.8 Å². The smallest absolute Gasteiger partial charge is 0.433 e. The zero-order chi connectivity index (χ0) is 24.0. The van der Waals surface area contributed by atoms with Crippen molar-refractivity contribution in [3.63, 3.8) is 0 Å². The maximum atomic E-state index is 13.9. The van der Waals surface area contributed by atoms with Crippen molar-refractivity contribution in [2.45, 2.75) is 13.1 Å². The minimum atomic E-state index is -4.68. The Bertz CT molecular complexity index is 1510. The summed E-state index contributed by atoms with van der Waals surface area (Å²) in [7, 11) is 1.50. The van der Waals surface area contributed by atoms with Crippen molar-refractivity contribution in [2.75, 3.05) is 12.8 Å². The maximum absolute atomic E-state index is 13.9. The normalized spacial score (nSPS) is 11.8. The Labute approximate surface area is 190 Å². The quantitative estimate of drug-likeness (QED) is 0.370. The van der Waals surface area contributed by atoms with E-state index in [4.69, 9.17) is 15.0 Å². The van der Waals surface area contributed by atoms with Gasteiger partial charge < -0.3 is 15.0 Å². The first kappa shape index (κ1) is 21.4. The number of ether oxygens (including phenoxy) is 1. The number of nitrogens with zero attached hydrogens (tertiary/aromatic N) is 5. The lowest BCUT2D eigenvalue weighted by Gasteiger charge is -2.11. The van der Waals surface area contributed by atoms with Gasteiger partial charge in [-0.1, -0.05) is 17.3 Å². The lowest BCUT2D eigenvalue weighted by atomic mass is 10.1. The van der Waals surface area contributed by atoms with Gasteiger partial charge in [-0.15, -0.1) is 0 Å². The molecule has 0 saturated heterocycles. The fraction of sp³-hybridized carbons (Fsp3) is 0.130. The van der Waals surface area contributed by atoms with Gasteiger partial charge in [-0.05, 0) is 48.9 Å². The van der Waals surface area contributed by atoms with E-state index in [0.717, 1.165) is 16.1 Å². The number of alkyl halides is 3. The first-order valence-corrected chi connectivity index (χ1v) is 10.1. The molecule has 0 atom stereocenters. The molecule has 5 aromatic rings. The first-order valence-electron chi connectivity index (χ1n) is 10.1. The van der Waals surface area contributed by atoms with E-state index in [1.807, 2.05) is 6.92 Å². The first-order chi connectivity index (χ1) is 16.3. The van der Waals surface area contributed by atoms with Crippen molar-refractivity contribution < 1.29 is 22.4 Å². The highest BCUT2D eigenvalue weighted by molar-refractivity contribution is 5.76. The lowest BCUT2D eigenvalue weighted by Crippen LogP contribution is -2.13. The van der Waals surface area contributed by atoms with Crippen LogP contribution in [0.15, 0.2) is 59.3 Å².